The maximum absolute atomic E-state index is 12.1. The number of nitrogens with one attached hydrogen (secondary N) is 1. The number of hydrogen-bond acceptors (Lipinski definition) is 3. The fraction of sp³-hybridized carbons (Fsp3) is 0.500. The largest absolute Gasteiger partial charge is 0.337 e. The van der Waals surface area contributed by atoms with Crippen LogP contribution in [0, 0.1) is 0 Å². The van der Waals surface area contributed by atoms with Gasteiger partial charge in [-0.1, -0.05) is 24.3 Å². The first-order valence-electron chi connectivity index (χ1n) is 6.76. The van der Waals surface area contributed by atoms with Crippen LogP contribution in [-0.4, -0.2) is 44.1 Å². The van der Waals surface area contributed by atoms with Crippen molar-refractivity contribution in [3.8, 4) is 0 Å². The molecule has 2 aliphatic rings. The quantitative estimate of drug-likeness (QED) is 0.872. The summed E-state index contributed by atoms with van der Waals surface area (Å²) < 4.78 is 25.1. The fourth-order valence-electron chi connectivity index (χ4n) is 3.22. The topological polar surface area (TPSA) is 66.5 Å². The van der Waals surface area contributed by atoms with Crippen molar-refractivity contribution in [3.05, 3.63) is 35.4 Å². The highest BCUT2D eigenvalue weighted by Gasteiger charge is 2.37. The molecule has 1 atom stereocenters. The predicted molar refractivity (Wildman–Crippen MR) is 75.7 cm³/mol. The van der Waals surface area contributed by atoms with Gasteiger partial charge in [-0.2, -0.15) is 0 Å². The second-order valence-electron chi connectivity index (χ2n) is 5.67. The Morgan fingerprint density at radius 3 is 2.30 bits per heavy atom. The minimum Gasteiger partial charge on any atom is -0.337 e. The first-order chi connectivity index (χ1) is 9.42. The van der Waals surface area contributed by atoms with Crippen molar-refractivity contribution in [1.29, 1.82) is 0 Å². The molecule has 5 nitrogen and oxygen atoms in total. The number of carbonyl (C=O) groups excluding carboxylic acids is 1. The Balaban J connectivity index is 1.69. The van der Waals surface area contributed by atoms with E-state index < -0.39 is 10.0 Å². The number of amides is 1. The van der Waals surface area contributed by atoms with Crippen molar-refractivity contribution in [2.45, 2.75) is 31.3 Å². The summed E-state index contributed by atoms with van der Waals surface area (Å²) in [7, 11) is -3.26. The predicted octanol–water partition coefficient (Wildman–Crippen LogP) is 0.304. The van der Waals surface area contributed by atoms with Crippen molar-refractivity contribution in [1.82, 2.24) is 9.62 Å². The van der Waals surface area contributed by atoms with Crippen LogP contribution in [0.3, 0.4) is 0 Å². The highest BCUT2D eigenvalue weighted by Crippen LogP contribution is 2.28. The van der Waals surface area contributed by atoms with Gasteiger partial charge in [0.15, 0.2) is 0 Å². The Hall–Kier alpha value is -1.40. The summed E-state index contributed by atoms with van der Waals surface area (Å²) in [4.78, 5) is 13.9. The third kappa shape index (κ3) is 2.71. The van der Waals surface area contributed by atoms with Crippen molar-refractivity contribution in [2.75, 3.05) is 12.8 Å². The summed E-state index contributed by atoms with van der Waals surface area (Å²) in [5.41, 5.74) is 2.59. The van der Waals surface area contributed by atoms with E-state index >= 15 is 0 Å². The first-order valence-corrected chi connectivity index (χ1v) is 8.65. The minimum absolute atomic E-state index is 0.0453. The van der Waals surface area contributed by atoms with Gasteiger partial charge in [-0.3, -0.25) is 4.79 Å². The lowest BCUT2D eigenvalue weighted by Crippen LogP contribution is -2.40. The Kier molecular flexibility index (Phi) is 3.30. The van der Waals surface area contributed by atoms with Crippen LogP contribution in [0.2, 0.25) is 0 Å². The molecule has 1 amide bonds. The molecule has 1 N–H and O–H groups in total. The van der Waals surface area contributed by atoms with Gasteiger partial charge in [-0.15, -0.1) is 0 Å². The van der Waals surface area contributed by atoms with Crippen LogP contribution in [0.1, 0.15) is 17.5 Å². The van der Waals surface area contributed by atoms with E-state index in [2.05, 4.69) is 16.9 Å². The maximum atomic E-state index is 12.1. The zero-order chi connectivity index (χ0) is 14.3. The van der Waals surface area contributed by atoms with E-state index in [0.717, 1.165) is 19.1 Å². The molecular weight excluding hydrogens is 276 g/mol. The highest BCUT2D eigenvalue weighted by atomic mass is 32.2. The number of rotatable bonds is 3. The molecule has 0 radical (unpaired) electrons. The van der Waals surface area contributed by atoms with Crippen molar-refractivity contribution < 1.29 is 13.2 Å². The van der Waals surface area contributed by atoms with E-state index in [-0.39, 0.29) is 24.4 Å². The number of nitrogens with zero attached hydrogens (tertiary/aromatic N) is 1. The molecule has 1 aromatic carbocycles. The van der Waals surface area contributed by atoms with Gasteiger partial charge in [-0.25, -0.2) is 13.1 Å². The Labute approximate surface area is 119 Å². The molecule has 1 saturated heterocycles. The molecule has 6 heteroatoms. The van der Waals surface area contributed by atoms with Gasteiger partial charge in [0.2, 0.25) is 15.9 Å². The minimum atomic E-state index is -3.26. The maximum Gasteiger partial charge on any atom is 0.224 e. The van der Waals surface area contributed by atoms with E-state index in [1.54, 1.807) is 0 Å². The molecule has 1 aliphatic heterocycles. The Morgan fingerprint density at radius 2 is 1.75 bits per heavy atom. The molecule has 108 valence electrons. The van der Waals surface area contributed by atoms with E-state index in [0.29, 0.717) is 6.54 Å². The molecule has 1 fully saturated rings. The molecule has 1 heterocycles. The molecule has 3 rings (SSSR count). The van der Waals surface area contributed by atoms with Crippen molar-refractivity contribution >= 4 is 15.9 Å². The van der Waals surface area contributed by atoms with Crippen LogP contribution < -0.4 is 4.72 Å². The van der Waals surface area contributed by atoms with E-state index in [9.17, 15) is 13.2 Å². The summed E-state index contributed by atoms with van der Waals surface area (Å²) in [6.07, 6.45) is 3.13. The molecule has 20 heavy (non-hydrogen) atoms. The van der Waals surface area contributed by atoms with Gasteiger partial charge >= 0.3 is 0 Å². The summed E-state index contributed by atoms with van der Waals surface area (Å²) in [6.45, 7) is 0.477. The normalized spacial score (nSPS) is 23.4. The summed E-state index contributed by atoms with van der Waals surface area (Å²) in [5, 5.41) is 0. The van der Waals surface area contributed by atoms with Gasteiger partial charge in [0, 0.05) is 25.0 Å². The molecule has 0 aromatic heterocycles. The number of carbonyl (C=O) groups is 1. The highest BCUT2D eigenvalue weighted by molar-refractivity contribution is 7.88. The number of likely N-dealkylation sites (tertiary alicyclic amines) is 1. The molecule has 1 aromatic rings. The molecule has 0 saturated carbocycles. The van der Waals surface area contributed by atoms with E-state index in [1.807, 2.05) is 17.0 Å². The molecule has 1 unspecified atom stereocenters. The number of benzene rings is 1. The van der Waals surface area contributed by atoms with Gasteiger partial charge in [0.25, 0.3) is 0 Å². The van der Waals surface area contributed by atoms with Gasteiger partial charge in [-0.05, 0) is 24.0 Å². The third-order valence-corrected chi connectivity index (χ3v) is 4.77. The Morgan fingerprint density at radius 1 is 1.15 bits per heavy atom. The second kappa shape index (κ2) is 4.86. The number of hydrogen-bond donors (Lipinski definition) is 1. The average molecular weight is 294 g/mol. The number of sulfonamides is 1. The zero-order valence-corrected chi connectivity index (χ0v) is 12.2. The summed E-state index contributed by atoms with van der Waals surface area (Å²) in [5.74, 6) is 0.0453. The van der Waals surface area contributed by atoms with Gasteiger partial charge in [0.1, 0.15) is 0 Å². The lowest BCUT2D eigenvalue weighted by molar-refractivity contribution is -0.129. The summed E-state index contributed by atoms with van der Waals surface area (Å²) in [6, 6.07) is 8.11. The zero-order valence-electron chi connectivity index (χ0n) is 11.4. The monoisotopic (exact) mass is 294 g/mol. The average Bonchev–Trinajstić information content (AvgIpc) is 2.90. The van der Waals surface area contributed by atoms with Crippen molar-refractivity contribution in [2.24, 2.45) is 0 Å². The summed E-state index contributed by atoms with van der Waals surface area (Å²) >= 11 is 0. The van der Waals surface area contributed by atoms with Crippen LogP contribution in [0.5, 0.6) is 0 Å². The van der Waals surface area contributed by atoms with Crippen LogP contribution >= 0.6 is 0 Å². The van der Waals surface area contributed by atoms with Crippen LogP contribution in [-0.2, 0) is 27.7 Å². The Bertz CT molecular complexity index is 617. The molecule has 0 spiro atoms. The number of fused-ring (bicyclic) bond motifs is 1. The third-order valence-electron chi connectivity index (χ3n) is 4.01. The standard InChI is InChI=1S/C14H18N2O3S/c1-20(18,19)15-12-8-14(17)16(9-12)13-6-10-4-2-3-5-11(10)7-13/h2-5,12-13,15H,6-9H2,1H3. The van der Waals surface area contributed by atoms with E-state index in [4.69, 9.17) is 0 Å². The molecule has 0 bridgehead atoms. The molecular formula is C14H18N2O3S. The van der Waals surface area contributed by atoms with E-state index in [1.165, 1.54) is 11.1 Å². The smallest absolute Gasteiger partial charge is 0.224 e. The first kappa shape index (κ1) is 13.6. The molecule has 1 aliphatic carbocycles. The fourth-order valence-corrected chi connectivity index (χ4v) is 3.99. The van der Waals surface area contributed by atoms with Gasteiger partial charge < -0.3 is 4.90 Å². The second-order valence-corrected chi connectivity index (χ2v) is 7.45. The van der Waals surface area contributed by atoms with Crippen molar-refractivity contribution in [3.63, 3.8) is 0 Å². The lowest BCUT2D eigenvalue weighted by Gasteiger charge is -2.24. The van der Waals surface area contributed by atoms with Crippen LogP contribution in [0.4, 0.5) is 0 Å². The SMILES string of the molecule is CS(=O)(=O)NC1CC(=O)N(C2Cc3ccccc3C2)C1. The lowest BCUT2D eigenvalue weighted by atomic mass is 10.1. The van der Waals surface area contributed by atoms with Gasteiger partial charge in [0.05, 0.1) is 6.26 Å². The van der Waals surface area contributed by atoms with Crippen LogP contribution in [0.25, 0.3) is 0 Å². The van der Waals surface area contributed by atoms with Crippen LogP contribution in [0.15, 0.2) is 24.3 Å².